The summed E-state index contributed by atoms with van der Waals surface area (Å²) in [5.41, 5.74) is 4.59. The minimum Gasteiger partial charge on any atom is -0.354 e. The van der Waals surface area contributed by atoms with Crippen molar-refractivity contribution in [3.8, 4) is 0 Å². The van der Waals surface area contributed by atoms with Crippen molar-refractivity contribution < 1.29 is 9.53 Å². The van der Waals surface area contributed by atoms with Crippen molar-refractivity contribution in [1.82, 2.24) is 9.88 Å². The quantitative estimate of drug-likeness (QED) is 0.789. The van der Waals surface area contributed by atoms with Crippen molar-refractivity contribution in [3.63, 3.8) is 0 Å². The van der Waals surface area contributed by atoms with Gasteiger partial charge in [0.05, 0.1) is 5.69 Å². The Hall–Kier alpha value is -2.59. The van der Waals surface area contributed by atoms with Crippen LogP contribution in [0, 0.1) is 0 Å². The number of aromatic amines is 1. The molecule has 0 radical (unpaired) electrons. The molecule has 1 fully saturated rings. The van der Waals surface area contributed by atoms with Crippen LogP contribution in [0.25, 0.3) is 10.9 Å². The molecule has 3 heterocycles. The molecule has 2 atom stereocenters. The van der Waals surface area contributed by atoms with Crippen molar-refractivity contribution in [1.29, 1.82) is 0 Å². The average Bonchev–Trinajstić information content (AvgIpc) is 3.15. The van der Waals surface area contributed by atoms with Gasteiger partial charge in [-0.25, -0.2) is 0 Å². The molecule has 4 heteroatoms. The van der Waals surface area contributed by atoms with Crippen LogP contribution in [0.15, 0.2) is 54.6 Å². The van der Waals surface area contributed by atoms with E-state index < -0.39 is 6.10 Å². The highest BCUT2D eigenvalue weighted by molar-refractivity contribution is 5.88. The molecule has 1 amide bonds. The maximum Gasteiger partial charge on any atom is 0.254 e. The highest BCUT2D eigenvalue weighted by atomic mass is 16.5. The molecule has 120 valence electrons. The summed E-state index contributed by atoms with van der Waals surface area (Å²) >= 11 is 0. The number of ether oxygens (including phenoxy) is 1. The predicted molar refractivity (Wildman–Crippen MR) is 91.5 cm³/mol. The number of aromatic nitrogens is 1. The molecule has 4 nitrogen and oxygen atoms in total. The summed E-state index contributed by atoms with van der Waals surface area (Å²) < 4.78 is 6.18. The first-order valence-electron chi connectivity index (χ1n) is 8.40. The van der Waals surface area contributed by atoms with Gasteiger partial charge < -0.3 is 14.6 Å². The lowest BCUT2D eigenvalue weighted by molar-refractivity contribution is -0.130. The predicted octanol–water partition coefficient (Wildman–Crippen LogP) is 3.19. The largest absolute Gasteiger partial charge is 0.354 e. The molecule has 0 aliphatic carbocycles. The molecule has 0 bridgehead atoms. The van der Waals surface area contributed by atoms with E-state index in [1.54, 1.807) is 0 Å². The zero-order valence-electron chi connectivity index (χ0n) is 13.2. The number of nitrogens with one attached hydrogen (secondary N) is 1. The van der Waals surface area contributed by atoms with E-state index in [9.17, 15) is 4.79 Å². The molecular formula is C20H18N2O2. The number of rotatable bonds is 2. The molecule has 0 saturated carbocycles. The lowest BCUT2D eigenvalue weighted by Crippen LogP contribution is -2.36. The molecule has 1 N–H and O–H groups in total. The van der Waals surface area contributed by atoms with Gasteiger partial charge in [-0.3, -0.25) is 4.79 Å². The fourth-order valence-electron chi connectivity index (χ4n) is 3.94. The van der Waals surface area contributed by atoms with Gasteiger partial charge in [-0.1, -0.05) is 48.5 Å². The summed E-state index contributed by atoms with van der Waals surface area (Å²) in [6.45, 7) is 0.726. The van der Waals surface area contributed by atoms with E-state index in [0.29, 0.717) is 6.42 Å². The van der Waals surface area contributed by atoms with Crippen LogP contribution in [0.2, 0.25) is 0 Å². The van der Waals surface area contributed by atoms with Crippen LogP contribution >= 0.6 is 0 Å². The minimum atomic E-state index is -0.394. The highest BCUT2D eigenvalue weighted by Crippen LogP contribution is 2.40. The van der Waals surface area contributed by atoms with Crippen molar-refractivity contribution in [3.05, 3.63) is 71.4 Å². The van der Waals surface area contributed by atoms with Gasteiger partial charge in [0.15, 0.2) is 6.23 Å². The SMILES string of the molecule is O=C1[C@H](Cc2ccccc2)O[C@@H]2c3[nH]c4ccccc4c3CCN12. The third-order valence-electron chi connectivity index (χ3n) is 5.09. The molecule has 0 spiro atoms. The zero-order chi connectivity index (χ0) is 16.1. The van der Waals surface area contributed by atoms with E-state index in [0.717, 1.165) is 29.7 Å². The lowest BCUT2D eigenvalue weighted by Gasteiger charge is -2.28. The van der Waals surface area contributed by atoms with Crippen LogP contribution in [-0.2, 0) is 22.4 Å². The summed E-state index contributed by atoms with van der Waals surface area (Å²) in [6, 6.07) is 18.4. The normalized spacial score (nSPS) is 22.7. The van der Waals surface area contributed by atoms with Crippen molar-refractivity contribution in [2.24, 2.45) is 0 Å². The summed E-state index contributed by atoms with van der Waals surface area (Å²) in [7, 11) is 0. The Morgan fingerprint density at radius 3 is 2.75 bits per heavy atom. The van der Waals surface area contributed by atoms with E-state index >= 15 is 0 Å². The van der Waals surface area contributed by atoms with E-state index in [1.165, 1.54) is 10.9 Å². The topological polar surface area (TPSA) is 45.3 Å². The Labute approximate surface area is 140 Å². The van der Waals surface area contributed by atoms with E-state index in [2.05, 4.69) is 23.2 Å². The number of amides is 1. The Balaban J connectivity index is 1.49. The van der Waals surface area contributed by atoms with E-state index in [1.807, 2.05) is 41.3 Å². The second-order valence-corrected chi connectivity index (χ2v) is 6.51. The fraction of sp³-hybridized carbons (Fsp3) is 0.250. The van der Waals surface area contributed by atoms with Crippen molar-refractivity contribution in [2.75, 3.05) is 6.54 Å². The molecular weight excluding hydrogens is 300 g/mol. The third-order valence-corrected chi connectivity index (χ3v) is 5.09. The first-order valence-corrected chi connectivity index (χ1v) is 8.40. The number of hydrogen-bond acceptors (Lipinski definition) is 2. The van der Waals surface area contributed by atoms with E-state index in [4.69, 9.17) is 4.74 Å². The van der Waals surface area contributed by atoms with Gasteiger partial charge in [0.25, 0.3) is 5.91 Å². The summed E-state index contributed by atoms with van der Waals surface area (Å²) in [4.78, 5) is 18.1. The van der Waals surface area contributed by atoms with Crippen molar-refractivity contribution >= 4 is 16.8 Å². The van der Waals surface area contributed by atoms with Crippen LogP contribution in [-0.4, -0.2) is 28.4 Å². The standard InChI is InChI=1S/C20H18N2O2/c23-19-17(12-13-6-2-1-3-7-13)24-20-18-15(10-11-22(19)20)14-8-4-5-9-16(14)21-18/h1-9,17,20-21H,10-12H2/t17-,20+/m0/s1. The highest BCUT2D eigenvalue weighted by Gasteiger charge is 2.44. The third kappa shape index (κ3) is 2.00. The Morgan fingerprint density at radius 1 is 1.08 bits per heavy atom. The second-order valence-electron chi connectivity index (χ2n) is 6.51. The average molecular weight is 318 g/mol. The second kappa shape index (κ2) is 5.21. The van der Waals surface area contributed by atoms with Crippen LogP contribution in [0.5, 0.6) is 0 Å². The van der Waals surface area contributed by atoms with Crippen molar-refractivity contribution in [2.45, 2.75) is 25.2 Å². The maximum atomic E-state index is 12.8. The molecule has 24 heavy (non-hydrogen) atoms. The van der Waals surface area contributed by atoms with Gasteiger partial charge in [0.1, 0.15) is 6.10 Å². The zero-order valence-corrected chi connectivity index (χ0v) is 13.2. The van der Waals surface area contributed by atoms with Crippen LogP contribution in [0.1, 0.15) is 23.0 Å². The van der Waals surface area contributed by atoms with Gasteiger partial charge in [-0.2, -0.15) is 0 Å². The number of para-hydroxylation sites is 1. The van der Waals surface area contributed by atoms with Crippen LogP contribution in [0.4, 0.5) is 0 Å². The molecule has 2 aromatic carbocycles. The van der Waals surface area contributed by atoms with Crippen LogP contribution < -0.4 is 0 Å². The van der Waals surface area contributed by atoms with Gasteiger partial charge >= 0.3 is 0 Å². The number of hydrogen-bond donors (Lipinski definition) is 1. The number of H-pyrrole nitrogens is 1. The summed E-state index contributed by atoms with van der Waals surface area (Å²) in [6.07, 6.45) is 0.836. The van der Waals surface area contributed by atoms with Gasteiger partial charge in [0.2, 0.25) is 0 Å². The maximum absolute atomic E-state index is 12.8. The van der Waals surface area contributed by atoms with E-state index in [-0.39, 0.29) is 12.1 Å². The lowest BCUT2D eigenvalue weighted by atomic mass is 10.0. The van der Waals surface area contributed by atoms with Gasteiger partial charge in [0, 0.05) is 23.9 Å². The number of carbonyl (C=O) groups is 1. The van der Waals surface area contributed by atoms with Gasteiger partial charge in [-0.15, -0.1) is 0 Å². The first kappa shape index (κ1) is 13.8. The molecule has 5 rings (SSSR count). The molecule has 0 unspecified atom stereocenters. The Bertz CT molecular complexity index is 916. The summed E-state index contributed by atoms with van der Waals surface area (Å²) in [5.74, 6) is 0.105. The Kier molecular flexibility index (Phi) is 3.00. The van der Waals surface area contributed by atoms with Gasteiger partial charge in [-0.05, 0) is 23.6 Å². The molecule has 3 aromatic rings. The molecule has 1 saturated heterocycles. The molecule has 2 aliphatic heterocycles. The number of benzene rings is 2. The smallest absolute Gasteiger partial charge is 0.254 e. The first-order chi connectivity index (χ1) is 11.8. The number of fused-ring (bicyclic) bond motifs is 5. The fourth-order valence-corrected chi connectivity index (χ4v) is 3.94. The van der Waals surface area contributed by atoms with Crippen LogP contribution in [0.3, 0.4) is 0 Å². The monoisotopic (exact) mass is 318 g/mol. The minimum absolute atomic E-state index is 0.105. The number of carbonyl (C=O) groups excluding carboxylic acids is 1. The molecule has 1 aromatic heterocycles. The Morgan fingerprint density at radius 2 is 1.88 bits per heavy atom. The number of nitrogens with zero attached hydrogens (tertiary/aromatic N) is 1. The molecule has 2 aliphatic rings. The summed E-state index contributed by atoms with van der Waals surface area (Å²) in [5, 5.41) is 1.25.